The molecular weight excluding hydrogens is 344 g/mol. The summed E-state index contributed by atoms with van der Waals surface area (Å²) in [4.78, 5) is 31.7. The minimum Gasteiger partial charge on any atom is -0.441 e. The van der Waals surface area contributed by atoms with Gasteiger partial charge in [-0.3, -0.25) is 4.79 Å². The number of aryl methyl sites for hydroxylation is 1. The highest BCUT2D eigenvalue weighted by atomic mass is 16.3. The van der Waals surface area contributed by atoms with Crippen LogP contribution in [0.5, 0.6) is 0 Å². The number of piperazine rings is 1. The van der Waals surface area contributed by atoms with Crippen molar-refractivity contribution in [3.63, 3.8) is 0 Å². The van der Waals surface area contributed by atoms with Gasteiger partial charge in [0.2, 0.25) is 5.91 Å². The maximum Gasteiger partial charge on any atom is 0.239 e. The van der Waals surface area contributed by atoms with Crippen LogP contribution in [0.1, 0.15) is 5.89 Å². The van der Waals surface area contributed by atoms with Crippen molar-refractivity contribution < 1.29 is 9.21 Å². The highest BCUT2D eigenvalue weighted by molar-refractivity contribution is 5.84. The zero-order chi connectivity index (χ0) is 18.4. The molecule has 5 rings (SSSR count). The van der Waals surface area contributed by atoms with E-state index in [0.717, 1.165) is 22.4 Å². The fourth-order valence-electron chi connectivity index (χ4n) is 3.24. The second kappa shape index (κ2) is 6.01. The molecule has 0 radical (unpaired) electrons. The zero-order valence-electron chi connectivity index (χ0n) is 14.6. The van der Waals surface area contributed by atoms with E-state index < -0.39 is 0 Å². The third-order valence-electron chi connectivity index (χ3n) is 4.55. The molecule has 0 unspecified atom stereocenters. The Hall–Kier alpha value is -3.55. The van der Waals surface area contributed by atoms with Crippen molar-refractivity contribution in [2.75, 3.05) is 24.5 Å². The fourth-order valence-corrected chi connectivity index (χ4v) is 3.24. The number of amides is 1. The first-order chi connectivity index (χ1) is 13.2. The summed E-state index contributed by atoms with van der Waals surface area (Å²) in [6, 6.07) is 9.61. The summed E-state index contributed by atoms with van der Waals surface area (Å²) in [5, 5.41) is 2.81. The molecule has 4 aromatic rings. The molecule has 27 heavy (non-hydrogen) atoms. The molecule has 0 bridgehead atoms. The molecule has 1 N–H and O–H groups in total. The number of carbonyl (C=O) groups is 1. The molecule has 8 nitrogen and oxygen atoms in total. The summed E-state index contributed by atoms with van der Waals surface area (Å²) >= 11 is 0. The lowest BCUT2D eigenvalue weighted by Crippen LogP contribution is -2.48. The Labute approximate surface area is 154 Å². The molecule has 3 aromatic heterocycles. The van der Waals surface area contributed by atoms with E-state index in [2.05, 4.69) is 25.3 Å². The third kappa shape index (κ3) is 2.84. The SMILES string of the molecule is Cc1nc2cc(-c3ccc4ncc(N5CCNC(=O)C5)nc4n3)ccc2o1. The number of benzene rings is 1. The first-order valence-corrected chi connectivity index (χ1v) is 8.69. The van der Waals surface area contributed by atoms with Gasteiger partial charge in [0.25, 0.3) is 0 Å². The Morgan fingerprint density at radius 2 is 2.04 bits per heavy atom. The Balaban J connectivity index is 1.55. The summed E-state index contributed by atoms with van der Waals surface area (Å²) in [5.41, 5.74) is 4.53. The highest BCUT2D eigenvalue weighted by Crippen LogP contribution is 2.25. The smallest absolute Gasteiger partial charge is 0.239 e. The number of carbonyl (C=O) groups excluding carboxylic acids is 1. The van der Waals surface area contributed by atoms with Crippen LogP contribution in [0, 0.1) is 6.92 Å². The van der Waals surface area contributed by atoms with Crippen LogP contribution in [0.15, 0.2) is 40.9 Å². The van der Waals surface area contributed by atoms with E-state index in [0.29, 0.717) is 36.0 Å². The van der Waals surface area contributed by atoms with Crippen molar-refractivity contribution in [3.05, 3.63) is 42.4 Å². The molecule has 134 valence electrons. The molecule has 0 spiro atoms. The van der Waals surface area contributed by atoms with Gasteiger partial charge in [-0.2, -0.15) is 0 Å². The maximum absolute atomic E-state index is 11.6. The number of aromatic nitrogens is 4. The molecule has 1 amide bonds. The van der Waals surface area contributed by atoms with Crippen molar-refractivity contribution in [1.82, 2.24) is 25.3 Å². The molecule has 8 heteroatoms. The average Bonchev–Trinajstić information content (AvgIpc) is 3.06. The van der Waals surface area contributed by atoms with Gasteiger partial charge in [0.05, 0.1) is 18.4 Å². The van der Waals surface area contributed by atoms with Gasteiger partial charge >= 0.3 is 0 Å². The van der Waals surface area contributed by atoms with Gasteiger partial charge in [-0.05, 0) is 30.3 Å². The molecule has 0 atom stereocenters. The quantitative estimate of drug-likeness (QED) is 0.584. The number of fused-ring (bicyclic) bond motifs is 2. The largest absolute Gasteiger partial charge is 0.441 e. The van der Waals surface area contributed by atoms with Crippen LogP contribution in [0.25, 0.3) is 33.5 Å². The van der Waals surface area contributed by atoms with Crippen LogP contribution in [0.4, 0.5) is 5.82 Å². The Morgan fingerprint density at radius 3 is 2.93 bits per heavy atom. The first-order valence-electron chi connectivity index (χ1n) is 8.69. The minimum absolute atomic E-state index is 0.0129. The third-order valence-corrected chi connectivity index (χ3v) is 4.55. The van der Waals surface area contributed by atoms with E-state index in [-0.39, 0.29) is 12.5 Å². The number of anilines is 1. The van der Waals surface area contributed by atoms with Gasteiger partial charge in [0, 0.05) is 25.6 Å². The van der Waals surface area contributed by atoms with Gasteiger partial charge in [0.1, 0.15) is 16.9 Å². The van der Waals surface area contributed by atoms with Crippen molar-refractivity contribution in [2.24, 2.45) is 0 Å². The van der Waals surface area contributed by atoms with Gasteiger partial charge in [-0.1, -0.05) is 0 Å². The number of hydrogen-bond donors (Lipinski definition) is 1. The predicted octanol–water partition coefficient (Wildman–Crippen LogP) is 2.08. The molecule has 1 aliphatic heterocycles. The number of nitrogens with zero attached hydrogens (tertiary/aromatic N) is 5. The van der Waals surface area contributed by atoms with Crippen LogP contribution < -0.4 is 10.2 Å². The van der Waals surface area contributed by atoms with E-state index in [9.17, 15) is 4.79 Å². The molecule has 4 heterocycles. The molecule has 1 saturated heterocycles. The molecule has 1 aromatic carbocycles. The summed E-state index contributed by atoms with van der Waals surface area (Å²) in [7, 11) is 0. The summed E-state index contributed by atoms with van der Waals surface area (Å²) in [5.74, 6) is 1.28. The number of pyridine rings is 1. The van der Waals surface area contributed by atoms with Gasteiger partial charge in [-0.15, -0.1) is 0 Å². The van der Waals surface area contributed by atoms with Crippen LogP contribution in [0.3, 0.4) is 0 Å². The van der Waals surface area contributed by atoms with Crippen LogP contribution >= 0.6 is 0 Å². The topological polar surface area (TPSA) is 97.0 Å². The van der Waals surface area contributed by atoms with Crippen molar-refractivity contribution in [3.8, 4) is 11.3 Å². The Bertz CT molecular complexity index is 1190. The van der Waals surface area contributed by atoms with Gasteiger partial charge in [-0.25, -0.2) is 19.9 Å². The van der Waals surface area contributed by atoms with E-state index in [1.165, 1.54) is 0 Å². The standard InChI is InChI=1S/C19H16N6O2/c1-11-22-15-8-12(2-5-16(15)27-11)13-3-4-14-19(23-13)24-17(9-21-14)25-7-6-20-18(26)10-25/h2-5,8-9H,6-7,10H2,1H3,(H,20,26). The Morgan fingerprint density at radius 1 is 1.11 bits per heavy atom. The summed E-state index contributed by atoms with van der Waals surface area (Å²) < 4.78 is 5.53. The number of nitrogens with one attached hydrogen (secondary N) is 1. The zero-order valence-corrected chi connectivity index (χ0v) is 14.6. The van der Waals surface area contributed by atoms with Crippen LogP contribution in [-0.4, -0.2) is 45.5 Å². The van der Waals surface area contributed by atoms with E-state index in [1.54, 1.807) is 6.20 Å². The van der Waals surface area contributed by atoms with Crippen molar-refractivity contribution in [1.29, 1.82) is 0 Å². The monoisotopic (exact) mass is 360 g/mol. The Kier molecular flexibility index (Phi) is 3.49. The molecular formula is C19H16N6O2. The van der Waals surface area contributed by atoms with Crippen molar-refractivity contribution >= 4 is 34.0 Å². The molecule has 0 saturated carbocycles. The second-order valence-electron chi connectivity index (χ2n) is 6.45. The molecule has 0 aliphatic carbocycles. The lowest BCUT2D eigenvalue weighted by molar-refractivity contribution is -0.120. The molecule has 1 fully saturated rings. The van der Waals surface area contributed by atoms with Crippen LogP contribution in [-0.2, 0) is 4.79 Å². The van der Waals surface area contributed by atoms with Gasteiger partial charge in [0.15, 0.2) is 17.1 Å². The van der Waals surface area contributed by atoms with Crippen molar-refractivity contribution in [2.45, 2.75) is 6.92 Å². The average molecular weight is 360 g/mol. The lowest BCUT2D eigenvalue weighted by Gasteiger charge is -2.27. The lowest BCUT2D eigenvalue weighted by atomic mass is 10.1. The first kappa shape index (κ1) is 15.7. The molecule has 1 aliphatic rings. The normalized spacial score (nSPS) is 14.7. The van der Waals surface area contributed by atoms with Gasteiger partial charge < -0.3 is 14.6 Å². The fraction of sp³-hybridized carbons (Fsp3) is 0.211. The summed E-state index contributed by atoms with van der Waals surface area (Å²) in [6.07, 6.45) is 1.69. The number of hydrogen-bond acceptors (Lipinski definition) is 7. The van der Waals surface area contributed by atoms with E-state index in [4.69, 9.17) is 4.42 Å². The van der Waals surface area contributed by atoms with Crippen LogP contribution in [0.2, 0.25) is 0 Å². The minimum atomic E-state index is -0.0129. The second-order valence-corrected chi connectivity index (χ2v) is 6.45. The number of rotatable bonds is 2. The maximum atomic E-state index is 11.6. The van der Waals surface area contributed by atoms with E-state index in [1.807, 2.05) is 42.2 Å². The predicted molar refractivity (Wildman–Crippen MR) is 100 cm³/mol. The van der Waals surface area contributed by atoms with E-state index >= 15 is 0 Å². The number of oxazole rings is 1. The highest BCUT2D eigenvalue weighted by Gasteiger charge is 2.18. The summed E-state index contributed by atoms with van der Waals surface area (Å²) in [6.45, 7) is 3.41.